The molecule has 6 heteroatoms. The fraction of sp³-hybridized carbons (Fsp3) is 0.500. The highest BCUT2D eigenvalue weighted by Gasteiger charge is 2.30. The van der Waals surface area contributed by atoms with E-state index in [2.05, 4.69) is 29.5 Å². The van der Waals surface area contributed by atoms with Crippen LogP contribution in [0.15, 0.2) is 29.6 Å². The van der Waals surface area contributed by atoms with E-state index in [-0.39, 0.29) is 12.7 Å². The number of aryl methyl sites for hydroxylation is 1. The first-order valence-corrected chi connectivity index (χ1v) is 11.0. The third-order valence-corrected chi connectivity index (χ3v) is 6.42. The summed E-state index contributed by atoms with van der Waals surface area (Å²) in [6.45, 7) is 3.87. The van der Waals surface area contributed by atoms with Gasteiger partial charge in [0.1, 0.15) is 0 Å². The first-order chi connectivity index (χ1) is 13.7. The maximum Gasteiger partial charge on any atom is 0.254 e. The van der Waals surface area contributed by atoms with Crippen molar-refractivity contribution in [3.63, 3.8) is 0 Å². The smallest absolute Gasteiger partial charge is 0.254 e. The van der Waals surface area contributed by atoms with E-state index in [0.29, 0.717) is 12.3 Å². The largest absolute Gasteiger partial charge is 0.454 e. The lowest BCUT2D eigenvalue weighted by molar-refractivity contribution is 0.0771. The van der Waals surface area contributed by atoms with Gasteiger partial charge in [0.05, 0.1) is 0 Å². The Balaban J connectivity index is 1.13. The molecule has 150 valence electrons. The molecule has 2 aliphatic rings. The molecule has 1 aromatic carbocycles. The molecule has 0 N–H and O–H groups in total. The average Bonchev–Trinajstić information content (AvgIpc) is 3.42. The van der Waals surface area contributed by atoms with E-state index in [4.69, 9.17) is 9.47 Å². The predicted octanol–water partition coefficient (Wildman–Crippen LogP) is 4.17. The second-order valence-electron chi connectivity index (χ2n) is 7.64. The van der Waals surface area contributed by atoms with E-state index in [9.17, 15) is 4.79 Å². The lowest BCUT2D eigenvalue weighted by Gasteiger charge is -2.20. The SMILES string of the molecule is CN(CCCCCc1cccs1)CCCN1Cc2cc3c(cc2C1=O)OCO3. The Morgan fingerprint density at radius 2 is 1.93 bits per heavy atom. The summed E-state index contributed by atoms with van der Waals surface area (Å²) in [7, 11) is 2.18. The highest BCUT2D eigenvalue weighted by atomic mass is 32.1. The number of benzene rings is 1. The number of hydrogen-bond donors (Lipinski definition) is 0. The average molecular weight is 401 g/mol. The van der Waals surface area contributed by atoms with Crippen LogP contribution >= 0.6 is 11.3 Å². The van der Waals surface area contributed by atoms with Crippen LogP contribution in [0.3, 0.4) is 0 Å². The molecule has 4 rings (SSSR count). The number of thiophene rings is 1. The van der Waals surface area contributed by atoms with E-state index in [1.165, 1.54) is 30.6 Å². The number of hydrogen-bond acceptors (Lipinski definition) is 5. The highest BCUT2D eigenvalue weighted by molar-refractivity contribution is 7.09. The summed E-state index contributed by atoms with van der Waals surface area (Å²) < 4.78 is 10.8. The van der Waals surface area contributed by atoms with Crippen molar-refractivity contribution >= 4 is 17.2 Å². The van der Waals surface area contributed by atoms with Gasteiger partial charge in [0.2, 0.25) is 6.79 Å². The summed E-state index contributed by atoms with van der Waals surface area (Å²) in [5.74, 6) is 1.56. The Kier molecular flexibility index (Phi) is 6.17. The molecule has 0 atom stereocenters. The zero-order valence-electron chi connectivity index (χ0n) is 16.5. The highest BCUT2D eigenvalue weighted by Crippen LogP contribution is 2.38. The molecule has 1 amide bonds. The maximum atomic E-state index is 12.6. The number of unbranched alkanes of at least 4 members (excludes halogenated alkanes) is 2. The Morgan fingerprint density at radius 3 is 2.75 bits per heavy atom. The first-order valence-electron chi connectivity index (χ1n) is 10.1. The molecular formula is C22H28N2O3S. The summed E-state index contributed by atoms with van der Waals surface area (Å²) in [5, 5.41) is 2.15. The Hall–Kier alpha value is -2.05. The van der Waals surface area contributed by atoms with E-state index < -0.39 is 0 Å². The third kappa shape index (κ3) is 4.50. The number of carbonyl (C=O) groups is 1. The van der Waals surface area contributed by atoms with Crippen molar-refractivity contribution < 1.29 is 14.3 Å². The summed E-state index contributed by atoms with van der Waals surface area (Å²) in [4.78, 5) is 18.4. The van der Waals surface area contributed by atoms with Crippen LogP contribution in [0.5, 0.6) is 11.5 Å². The van der Waals surface area contributed by atoms with Crippen molar-refractivity contribution in [2.75, 3.05) is 33.5 Å². The molecule has 2 aliphatic heterocycles. The molecule has 0 saturated carbocycles. The molecule has 0 saturated heterocycles. The lowest BCUT2D eigenvalue weighted by atomic mass is 10.1. The maximum absolute atomic E-state index is 12.6. The van der Waals surface area contributed by atoms with Crippen molar-refractivity contribution in [3.8, 4) is 11.5 Å². The fourth-order valence-corrected chi connectivity index (χ4v) is 4.65. The van der Waals surface area contributed by atoms with Crippen molar-refractivity contribution in [2.24, 2.45) is 0 Å². The molecule has 0 aliphatic carbocycles. The number of carbonyl (C=O) groups excluding carboxylic acids is 1. The van der Waals surface area contributed by atoms with Crippen molar-refractivity contribution in [3.05, 3.63) is 45.6 Å². The van der Waals surface area contributed by atoms with Crippen LogP contribution in [0.25, 0.3) is 0 Å². The zero-order valence-corrected chi connectivity index (χ0v) is 17.3. The van der Waals surface area contributed by atoms with Gasteiger partial charge in [-0.3, -0.25) is 4.79 Å². The third-order valence-electron chi connectivity index (χ3n) is 5.49. The normalized spacial score (nSPS) is 14.9. The Labute approximate surface area is 170 Å². The predicted molar refractivity (Wildman–Crippen MR) is 111 cm³/mol. The lowest BCUT2D eigenvalue weighted by Crippen LogP contribution is -2.29. The van der Waals surface area contributed by atoms with Gasteiger partial charge in [-0.2, -0.15) is 0 Å². The zero-order chi connectivity index (χ0) is 19.3. The summed E-state index contributed by atoms with van der Waals surface area (Å²) in [5.41, 5.74) is 1.82. The van der Waals surface area contributed by atoms with Crippen LogP contribution in [0.2, 0.25) is 0 Å². The molecule has 0 bridgehead atoms. The second kappa shape index (κ2) is 8.97. The first kappa shape index (κ1) is 19.3. The topological polar surface area (TPSA) is 42.0 Å². The van der Waals surface area contributed by atoms with Gasteiger partial charge in [0.15, 0.2) is 11.5 Å². The monoisotopic (exact) mass is 400 g/mol. The minimum Gasteiger partial charge on any atom is -0.454 e. The molecular weight excluding hydrogens is 372 g/mol. The van der Waals surface area contributed by atoms with Gasteiger partial charge in [-0.25, -0.2) is 0 Å². The molecule has 1 aromatic heterocycles. The molecule has 0 fully saturated rings. The standard InChI is InChI=1S/C22H28N2O3S/c1-23(9-4-2-3-7-18-8-5-12-28-18)10-6-11-24-15-17-13-20-21(27-16-26-20)14-19(17)22(24)25/h5,8,12-14H,2-4,6-7,9-11,15-16H2,1H3. The molecule has 0 unspecified atom stereocenters. The van der Waals surface area contributed by atoms with Crippen molar-refractivity contribution in [2.45, 2.75) is 38.6 Å². The van der Waals surface area contributed by atoms with Gasteiger partial charge in [0, 0.05) is 23.5 Å². The van der Waals surface area contributed by atoms with Gasteiger partial charge in [0.25, 0.3) is 5.91 Å². The Bertz CT molecular complexity index is 806. The molecule has 0 spiro atoms. The molecule has 0 radical (unpaired) electrons. The number of nitrogens with zero attached hydrogens (tertiary/aromatic N) is 2. The van der Waals surface area contributed by atoms with Crippen LogP contribution in [0.4, 0.5) is 0 Å². The number of rotatable bonds is 10. The van der Waals surface area contributed by atoms with Crippen molar-refractivity contribution in [1.82, 2.24) is 9.80 Å². The van der Waals surface area contributed by atoms with Gasteiger partial charge >= 0.3 is 0 Å². The minimum atomic E-state index is 0.115. The number of ether oxygens (including phenoxy) is 2. The van der Waals surface area contributed by atoms with Gasteiger partial charge in [-0.15, -0.1) is 11.3 Å². The number of fused-ring (bicyclic) bond motifs is 2. The van der Waals surface area contributed by atoms with E-state index in [1.54, 1.807) is 0 Å². The van der Waals surface area contributed by atoms with E-state index in [0.717, 1.165) is 42.9 Å². The minimum absolute atomic E-state index is 0.115. The van der Waals surface area contributed by atoms with Gasteiger partial charge in [-0.1, -0.05) is 12.5 Å². The number of amides is 1. The van der Waals surface area contributed by atoms with E-state index in [1.807, 2.05) is 28.4 Å². The molecule has 2 aromatic rings. The van der Waals surface area contributed by atoms with E-state index >= 15 is 0 Å². The van der Waals surface area contributed by atoms with Gasteiger partial charge in [-0.05, 0) is 75.0 Å². The van der Waals surface area contributed by atoms with Gasteiger partial charge < -0.3 is 19.3 Å². The summed E-state index contributed by atoms with van der Waals surface area (Å²) in [6, 6.07) is 8.15. The van der Waals surface area contributed by atoms with Crippen LogP contribution in [-0.4, -0.2) is 49.2 Å². The molecule has 28 heavy (non-hydrogen) atoms. The molecule has 3 heterocycles. The van der Waals surface area contributed by atoms with Crippen LogP contribution in [-0.2, 0) is 13.0 Å². The Morgan fingerprint density at radius 1 is 1.11 bits per heavy atom. The van der Waals surface area contributed by atoms with Crippen molar-refractivity contribution in [1.29, 1.82) is 0 Å². The van der Waals surface area contributed by atoms with Crippen LogP contribution < -0.4 is 9.47 Å². The van der Waals surface area contributed by atoms with Crippen LogP contribution in [0.1, 0.15) is 46.5 Å². The molecule has 5 nitrogen and oxygen atoms in total. The second-order valence-corrected chi connectivity index (χ2v) is 8.67. The fourth-order valence-electron chi connectivity index (χ4n) is 3.90. The quantitative estimate of drug-likeness (QED) is 0.562. The summed E-state index contributed by atoms with van der Waals surface area (Å²) >= 11 is 1.86. The van der Waals surface area contributed by atoms with Crippen LogP contribution in [0, 0.1) is 0 Å². The summed E-state index contributed by atoms with van der Waals surface area (Å²) in [6.07, 6.45) is 5.99.